The number of hydrogen-bond acceptors (Lipinski definition) is 8. The molecule has 2 fully saturated rings. The monoisotopic (exact) mass is 600 g/mol. The summed E-state index contributed by atoms with van der Waals surface area (Å²) in [5.41, 5.74) is 1.46. The SMILES string of the molecule is COC(=O)c1ccc2c(c1)N(C1CCNCC1)C(=O)C(c1cn(CC3CCCO3)c3ccccc13)N2OC(=O)C(F)(F)F. The molecule has 0 radical (unpaired) electrons. The van der Waals surface area contributed by atoms with Gasteiger partial charge in [-0.15, -0.1) is 0 Å². The maximum Gasteiger partial charge on any atom is 0.493 e. The number of halogens is 3. The molecule has 2 aromatic carbocycles. The predicted molar refractivity (Wildman–Crippen MR) is 149 cm³/mol. The Balaban J connectivity index is 1.54. The minimum absolute atomic E-state index is 0.0457. The lowest BCUT2D eigenvalue weighted by Gasteiger charge is -2.45. The largest absolute Gasteiger partial charge is 0.493 e. The van der Waals surface area contributed by atoms with E-state index in [0.717, 1.165) is 23.4 Å². The Morgan fingerprint density at radius 3 is 2.53 bits per heavy atom. The summed E-state index contributed by atoms with van der Waals surface area (Å²) in [7, 11) is 1.21. The molecule has 0 bridgehead atoms. The number of carbonyl (C=O) groups excluding carboxylic acids is 3. The number of amides is 1. The van der Waals surface area contributed by atoms with Gasteiger partial charge in [-0.05, 0) is 63.0 Å². The Labute approximate surface area is 245 Å². The summed E-state index contributed by atoms with van der Waals surface area (Å²) >= 11 is 0. The first-order valence-electron chi connectivity index (χ1n) is 14.2. The number of piperidine rings is 1. The van der Waals surface area contributed by atoms with Crippen molar-refractivity contribution < 1.29 is 41.9 Å². The van der Waals surface area contributed by atoms with E-state index in [2.05, 4.69) is 5.32 Å². The van der Waals surface area contributed by atoms with Gasteiger partial charge >= 0.3 is 18.1 Å². The third kappa shape index (κ3) is 5.42. The van der Waals surface area contributed by atoms with Crippen LogP contribution in [0.5, 0.6) is 0 Å². The van der Waals surface area contributed by atoms with Gasteiger partial charge in [0, 0.05) is 41.9 Å². The van der Waals surface area contributed by atoms with Crippen molar-refractivity contribution in [1.29, 1.82) is 0 Å². The van der Waals surface area contributed by atoms with Gasteiger partial charge in [-0.1, -0.05) is 18.2 Å². The van der Waals surface area contributed by atoms with E-state index in [-0.39, 0.29) is 29.1 Å². The van der Waals surface area contributed by atoms with E-state index >= 15 is 0 Å². The Kier molecular flexibility index (Phi) is 7.77. The van der Waals surface area contributed by atoms with Crippen molar-refractivity contribution in [2.24, 2.45) is 0 Å². The molecule has 2 saturated heterocycles. The van der Waals surface area contributed by atoms with Gasteiger partial charge in [0.05, 0.1) is 24.5 Å². The molecule has 3 aliphatic heterocycles. The lowest BCUT2D eigenvalue weighted by atomic mass is 9.95. The van der Waals surface area contributed by atoms with Crippen molar-refractivity contribution in [1.82, 2.24) is 9.88 Å². The second kappa shape index (κ2) is 11.5. The van der Waals surface area contributed by atoms with Crippen LogP contribution in [0.15, 0.2) is 48.7 Å². The molecule has 0 spiro atoms. The summed E-state index contributed by atoms with van der Waals surface area (Å²) in [4.78, 5) is 45.9. The number of anilines is 2. The molecule has 4 heterocycles. The Hall–Kier alpha value is -4.10. The zero-order chi connectivity index (χ0) is 30.3. The van der Waals surface area contributed by atoms with Gasteiger partial charge in [-0.2, -0.15) is 18.2 Å². The first kappa shape index (κ1) is 29.0. The maximum absolute atomic E-state index is 14.6. The number of hydrogen-bond donors (Lipinski definition) is 1. The fourth-order valence-electron chi connectivity index (χ4n) is 6.23. The van der Waals surface area contributed by atoms with Crippen molar-refractivity contribution in [2.45, 2.75) is 56.6 Å². The number of aromatic nitrogens is 1. The highest BCUT2D eigenvalue weighted by atomic mass is 19.4. The molecule has 13 heteroatoms. The second-order valence-corrected chi connectivity index (χ2v) is 10.9. The second-order valence-electron chi connectivity index (χ2n) is 10.9. The van der Waals surface area contributed by atoms with Gasteiger partial charge in [0.1, 0.15) is 5.69 Å². The molecular weight excluding hydrogens is 569 g/mol. The van der Waals surface area contributed by atoms with Crippen LogP contribution in [0.25, 0.3) is 10.9 Å². The normalized spacial score (nSPS) is 21.3. The number of benzene rings is 2. The molecule has 3 aliphatic rings. The van der Waals surface area contributed by atoms with Crippen molar-refractivity contribution >= 4 is 40.1 Å². The number of alkyl halides is 3. The van der Waals surface area contributed by atoms with Crippen LogP contribution in [0, 0.1) is 0 Å². The fourth-order valence-corrected chi connectivity index (χ4v) is 6.23. The molecule has 6 rings (SSSR count). The third-order valence-electron chi connectivity index (χ3n) is 8.22. The number of methoxy groups -OCH3 is 1. The van der Waals surface area contributed by atoms with Gasteiger partial charge in [0.2, 0.25) is 0 Å². The van der Waals surface area contributed by atoms with Crippen LogP contribution >= 0.6 is 0 Å². The van der Waals surface area contributed by atoms with Crippen LogP contribution in [0.1, 0.15) is 47.6 Å². The third-order valence-corrected chi connectivity index (χ3v) is 8.22. The van der Waals surface area contributed by atoms with E-state index in [1.165, 1.54) is 30.2 Å². The van der Waals surface area contributed by atoms with Gasteiger partial charge in [-0.25, -0.2) is 9.59 Å². The molecule has 1 amide bonds. The summed E-state index contributed by atoms with van der Waals surface area (Å²) in [6.45, 7) is 2.38. The van der Waals surface area contributed by atoms with Crippen molar-refractivity contribution in [2.75, 3.05) is 36.8 Å². The van der Waals surface area contributed by atoms with E-state index < -0.39 is 30.1 Å². The Morgan fingerprint density at radius 2 is 1.84 bits per heavy atom. The number of nitrogens with zero attached hydrogens (tertiary/aromatic N) is 3. The van der Waals surface area contributed by atoms with Crippen LogP contribution in [-0.2, 0) is 30.4 Å². The Morgan fingerprint density at radius 1 is 1.07 bits per heavy atom. The van der Waals surface area contributed by atoms with Crippen molar-refractivity contribution in [3.63, 3.8) is 0 Å². The molecular formula is C30H31F3N4O6. The predicted octanol–water partition coefficient (Wildman–Crippen LogP) is 4.27. The first-order chi connectivity index (χ1) is 20.7. The van der Waals surface area contributed by atoms with Crippen molar-refractivity contribution in [3.8, 4) is 0 Å². The van der Waals surface area contributed by atoms with Crippen molar-refractivity contribution in [3.05, 3.63) is 59.8 Å². The summed E-state index contributed by atoms with van der Waals surface area (Å²) in [6.07, 6.45) is -0.702. The number of carbonyl (C=O) groups is 3. The zero-order valence-corrected chi connectivity index (χ0v) is 23.4. The fraction of sp³-hybridized carbons (Fsp3) is 0.433. The average Bonchev–Trinajstić information content (AvgIpc) is 3.65. The number of fused-ring (bicyclic) bond motifs is 2. The highest BCUT2D eigenvalue weighted by Crippen LogP contribution is 2.46. The molecule has 10 nitrogen and oxygen atoms in total. The number of nitrogens with one attached hydrogen (secondary N) is 1. The van der Waals surface area contributed by atoms with E-state index in [4.69, 9.17) is 14.3 Å². The summed E-state index contributed by atoms with van der Waals surface area (Å²) in [6, 6.07) is 9.67. The van der Waals surface area contributed by atoms with Crippen LogP contribution in [0.3, 0.4) is 0 Å². The number of esters is 1. The number of hydroxylamine groups is 1. The van der Waals surface area contributed by atoms with E-state index in [1.807, 2.05) is 16.7 Å². The number of ether oxygens (including phenoxy) is 2. The van der Waals surface area contributed by atoms with Crippen LogP contribution < -0.4 is 15.3 Å². The molecule has 43 heavy (non-hydrogen) atoms. The highest BCUT2D eigenvalue weighted by Gasteiger charge is 2.49. The van der Waals surface area contributed by atoms with Crippen LogP contribution in [-0.4, -0.2) is 67.5 Å². The van der Waals surface area contributed by atoms with Crippen LogP contribution in [0.4, 0.5) is 24.5 Å². The number of para-hydroxylation sites is 1. The molecule has 1 N–H and O–H groups in total. The highest BCUT2D eigenvalue weighted by molar-refractivity contribution is 6.09. The lowest BCUT2D eigenvalue weighted by molar-refractivity contribution is -0.202. The zero-order valence-electron chi connectivity index (χ0n) is 23.4. The molecule has 0 saturated carbocycles. The van der Waals surface area contributed by atoms with Gasteiger partial charge in [0.15, 0.2) is 6.04 Å². The molecule has 1 aromatic heterocycles. The van der Waals surface area contributed by atoms with Gasteiger partial charge < -0.3 is 29.1 Å². The first-order valence-corrected chi connectivity index (χ1v) is 14.2. The van der Waals surface area contributed by atoms with Crippen LogP contribution in [0.2, 0.25) is 0 Å². The van der Waals surface area contributed by atoms with E-state index in [0.29, 0.717) is 50.0 Å². The summed E-state index contributed by atoms with van der Waals surface area (Å²) in [5, 5.41) is 4.63. The molecule has 3 aromatic rings. The number of rotatable bonds is 6. The van der Waals surface area contributed by atoms with Gasteiger partial charge in [-0.3, -0.25) is 4.79 Å². The minimum Gasteiger partial charge on any atom is -0.465 e. The maximum atomic E-state index is 14.6. The smallest absolute Gasteiger partial charge is 0.465 e. The molecule has 2 atom stereocenters. The minimum atomic E-state index is -5.32. The Bertz CT molecular complexity index is 1540. The topological polar surface area (TPSA) is 102 Å². The molecule has 228 valence electrons. The van der Waals surface area contributed by atoms with E-state index in [9.17, 15) is 27.6 Å². The summed E-state index contributed by atoms with van der Waals surface area (Å²) < 4.78 is 53.4. The van der Waals surface area contributed by atoms with Gasteiger partial charge in [0.25, 0.3) is 5.91 Å². The quantitative estimate of drug-likeness (QED) is 0.419. The average molecular weight is 601 g/mol. The molecule has 2 unspecified atom stereocenters. The lowest BCUT2D eigenvalue weighted by Crippen LogP contribution is -2.55. The molecule has 0 aliphatic carbocycles. The standard InChI is InChI=1S/C30H31F3N4O6/c1-41-28(39)18-8-9-24-25(15-18)36(19-10-12-34-13-11-19)27(38)26(37(24)43-29(40)30(31,32)33)22-17-35(16-20-5-4-14-42-20)23-7-3-2-6-21(22)23/h2-3,6-9,15,17,19-20,26,34H,4-5,10-14,16H2,1H3. The summed E-state index contributed by atoms with van der Waals surface area (Å²) in [5.74, 6) is -3.72. The van der Waals surface area contributed by atoms with E-state index in [1.54, 1.807) is 18.3 Å².